The number of anilines is 1. The summed E-state index contributed by atoms with van der Waals surface area (Å²) in [5.74, 6) is -1.35. The number of hydrogen-bond donors (Lipinski definition) is 5. The van der Waals surface area contributed by atoms with Crippen LogP contribution in [0, 0.1) is 0 Å². The van der Waals surface area contributed by atoms with Crippen molar-refractivity contribution < 1.29 is 71.0 Å². The Kier molecular flexibility index (Phi) is 30.9. The number of aromatic nitrogens is 2. The zero-order chi connectivity index (χ0) is 51.7. The molecule has 6 N–H and O–H groups in total. The fraction of sp³-hybridized carbons (Fsp3) is 0.680. The SMILES string of the molecule is CC/C=C\C/C=C\C/C=C\C/C=C\CCCCCCC(=O)OC[C@H](COP(=O)(O)OP(=O)(O)OC[C@H]1O[C@@H](n2ccc(N)nc2=O)[C@H](O)[C@@H]1O)OC(=O)CCCCCCCC1OC1C/C=C\CCCCC. The van der Waals surface area contributed by atoms with Gasteiger partial charge in [0.25, 0.3) is 0 Å². The largest absolute Gasteiger partial charge is 0.481 e. The number of aliphatic hydroxyl groups is 2. The summed E-state index contributed by atoms with van der Waals surface area (Å²) in [6.45, 7) is 1.96. The van der Waals surface area contributed by atoms with Crippen LogP contribution in [-0.4, -0.2) is 97.9 Å². The quantitative estimate of drug-likeness (QED) is 0.0135. The number of carbonyl (C=O) groups is 2. The minimum atomic E-state index is -5.44. The van der Waals surface area contributed by atoms with Crippen LogP contribution in [0.25, 0.3) is 0 Å². The van der Waals surface area contributed by atoms with Gasteiger partial charge in [0.2, 0.25) is 0 Å². The van der Waals surface area contributed by atoms with Gasteiger partial charge in [-0.25, -0.2) is 13.9 Å². The van der Waals surface area contributed by atoms with Gasteiger partial charge in [-0.05, 0) is 83.1 Å². The number of phosphoric ester groups is 2. The van der Waals surface area contributed by atoms with E-state index in [1.807, 2.05) is 0 Å². The molecule has 0 aromatic carbocycles. The maximum Gasteiger partial charge on any atom is 0.481 e. The Morgan fingerprint density at radius 2 is 1.31 bits per heavy atom. The molecular formula is C50H81N3O16P2. The monoisotopic (exact) mass is 1040 g/mol. The number of nitrogens with two attached hydrogens (primary N) is 1. The van der Waals surface area contributed by atoms with E-state index in [4.69, 9.17) is 33.7 Å². The fourth-order valence-corrected chi connectivity index (χ4v) is 9.60. The molecule has 0 amide bonds. The lowest BCUT2D eigenvalue weighted by atomic mass is 10.1. The van der Waals surface area contributed by atoms with E-state index in [-0.39, 0.29) is 18.7 Å². The van der Waals surface area contributed by atoms with E-state index in [1.54, 1.807) is 0 Å². The number of esters is 2. The van der Waals surface area contributed by atoms with Crippen LogP contribution < -0.4 is 11.4 Å². The van der Waals surface area contributed by atoms with Crippen LogP contribution in [0.15, 0.2) is 77.8 Å². The summed E-state index contributed by atoms with van der Waals surface area (Å²) in [5, 5.41) is 20.9. The summed E-state index contributed by atoms with van der Waals surface area (Å²) in [6.07, 6.45) is 34.6. The second kappa shape index (κ2) is 35.6. The van der Waals surface area contributed by atoms with Crippen LogP contribution in [-0.2, 0) is 51.0 Å². The molecule has 4 unspecified atom stereocenters. The lowest BCUT2D eigenvalue weighted by molar-refractivity contribution is -0.161. The number of rotatable bonds is 40. The highest BCUT2D eigenvalue weighted by atomic mass is 31.3. The van der Waals surface area contributed by atoms with Crippen LogP contribution in [0.3, 0.4) is 0 Å². The van der Waals surface area contributed by atoms with E-state index in [9.17, 15) is 43.5 Å². The Balaban J connectivity index is 1.41. The molecule has 2 saturated heterocycles. The van der Waals surface area contributed by atoms with Crippen LogP contribution in [0.1, 0.15) is 161 Å². The van der Waals surface area contributed by atoms with E-state index in [0.717, 1.165) is 107 Å². The number of hydrogen-bond acceptors (Lipinski definition) is 16. The Morgan fingerprint density at radius 3 is 1.99 bits per heavy atom. The Bertz CT molecular complexity index is 1990. The van der Waals surface area contributed by atoms with Crippen molar-refractivity contribution >= 4 is 33.4 Å². The van der Waals surface area contributed by atoms with E-state index in [2.05, 4.69) is 83.9 Å². The summed E-state index contributed by atoms with van der Waals surface area (Å²) in [7, 11) is -10.9. The third-order valence-electron chi connectivity index (χ3n) is 11.5. The topological polar surface area (TPSA) is 278 Å². The molecule has 21 heteroatoms. The maximum atomic E-state index is 12.9. The summed E-state index contributed by atoms with van der Waals surface area (Å²) >= 11 is 0. The molecule has 0 saturated carbocycles. The molecule has 1 aromatic heterocycles. The van der Waals surface area contributed by atoms with E-state index < -0.39 is 83.7 Å². The summed E-state index contributed by atoms with van der Waals surface area (Å²) in [4.78, 5) is 62.0. The first-order valence-corrected chi connectivity index (χ1v) is 28.4. The zero-order valence-electron chi connectivity index (χ0n) is 41.7. The molecular weight excluding hydrogens is 961 g/mol. The van der Waals surface area contributed by atoms with Crippen LogP contribution >= 0.6 is 15.6 Å². The molecule has 0 radical (unpaired) electrons. The predicted octanol–water partition coefficient (Wildman–Crippen LogP) is 9.32. The van der Waals surface area contributed by atoms with Crippen molar-refractivity contribution in [2.75, 3.05) is 25.6 Å². The number of nitrogens with zero attached hydrogens (tertiary/aromatic N) is 2. The normalized spacial score (nSPS) is 22.5. The van der Waals surface area contributed by atoms with E-state index in [0.29, 0.717) is 25.0 Å². The molecule has 3 heterocycles. The number of allylic oxidation sites excluding steroid dienone is 9. The zero-order valence-corrected chi connectivity index (χ0v) is 43.5. The van der Waals surface area contributed by atoms with Crippen molar-refractivity contribution in [1.29, 1.82) is 0 Å². The lowest BCUT2D eigenvalue weighted by Gasteiger charge is -2.21. The van der Waals surface area contributed by atoms with Gasteiger partial charge in [-0.15, -0.1) is 0 Å². The van der Waals surface area contributed by atoms with Gasteiger partial charge in [0.15, 0.2) is 12.3 Å². The van der Waals surface area contributed by atoms with Crippen molar-refractivity contribution in [3.8, 4) is 0 Å². The molecule has 1 aromatic rings. The van der Waals surface area contributed by atoms with Gasteiger partial charge in [-0.2, -0.15) is 9.29 Å². The van der Waals surface area contributed by atoms with Crippen LogP contribution in [0.2, 0.25) is 0 Å². The van der Waals surface area contributed by atoms with Gasteiger partial charge >= 0.3 is 33.3 Å². The molecule has 402 valence electrons. The highest BCUT2D eigenvalue weighted by Crippen LogP contribution is 2.60. The molecule has 3 rings (SSSR count). The van der Waals surface area contributed by atoms with Crippen molar-refractivity contribution in [2.24, 2.45) is 0 Å². The third-order valence-corrected chi connectivity index (χ3v) is 14.1. The van der Waals surface area contributed by atoms with Gasteiger partial charge in [-0.1, -0.05) is 126 Å². The molecule has 2 aliphatic rings. The van der Waals surface area contributed by atoms with Crippen molar-refractivity contribution in [2.45, 2.75) is 198 Å². The first-order chi connectivity index (χ1) is 34.1. The minimum Gasteiger partial charge on any atom is -0.462 e. The summed E-state index contributed by atoms with van der Waals surface area (Å²) < 4.78 is 62.6. The van der Waals surface area contributed by atoms with Crippen LogP contribution in [0.4, 0.5) is 5.82 Å². The van der Waals surface area contributed by atoms with Gasteiger partial charge in [0.1, 0.15) is 30.7 Å². The van der Waals surface area contributed by atoms with Crippen molar-refractivity contribution in [3.63, 3.8) is 0 Å². The molecule has 71 heavy (non-hydrogen) atoms. The number of ether oxygens (including phenoxy) is 4. The molecule has 19 nitrogen and oxygen atoms in total. The summed E-state index contributed by atoms with van der Waals surface area (Å²) in [5.41, 5.74) is 4.58. The number of phosphoric acid groups is 2. The first-order valence-electron chi connectivity index (χ1n) is 25.4. The minimum absolute atomic E-state index is 0.0187. The smallest absolute Gasteiger partial charge is 0.462 e. The fourth-order valence-electron chi connectivity index (χ4n) is 7.49. The molecule has 2 fully saturated rings. The average Bonchev–Trinajstić information content (AvgIpc) is 4.02. The van der Waals surface area contributed by atoms with Gasteiger partial charge in [-0.3, -0.25) is 23.2 Å². The molecule has 0 spiro atoms. The van der Waals surface area contributed by atoms with E-state index in [1.165, 1.54) is 25.3 Å². The maximum absolute atomic E-state index is 12.9. The standard InChI is InChI=1S/C50H81N3O16P2/c1-3-5-7-9-11-12-13-14-15-16-17-18-19-20-21-25-29-33-45(54)63-37-40(66-46(55)34-30-26-22-24-28-32-42-41(67-42)31-27-23-10-8-6-4-2)38-64-70(59,60)69-71(61,62)65-39-43-47(56)48(57)49(68-43)53-36-35-44(51)52-50(53)58/h5,7,11-12,14-15,17-18,23,27,35-36,40-43,47-49,56-57H,3-4,6,8-10,13,16,19-22,24-26,28-34,37-39H2,1-2H3,(H,59,60)(H,61,62)(H2,51,52,58)/b7-5-,12-11-,15-14-,18-17-,27-23-/t40-,41?,42?,43-,47-,48-,49-/m1/s1. The van der Waals surface area contributed by atoms with Gasteiger partial charge in [0, 0.05) is 19.0 Å². The molecule has 0 bridgehead atoms. The third kappa shape index (κ3) is 27.9. The summed E-state index contributed by atoms with van der Waals surface area (Å²) in [6, 6.07) is 1.24. The second-order valence-electron chi connectivity index (χ2n) is 17.7. The number of carbonyl (C=O) groups excluding carboxylic acids is 2. The highest BCUT2D eigenvalue weighted by molar-refractivity contribution is 7.61. The van der Waals surface area contributed by atoms with Crippen molar-refractivity contribution in [3.05, 3.63) is 83.5 Å². The molecule has 0 aliphatic carbocycles. The number of unbranched alkanes of at least 4 members (excludes halogenated alkanes) is 11. The number of epoxide rings is 1. The Hall–Kier alpha value is -3.58. The Morgan fingerprint density at radius 1 is 0.718 bits per heavy atom. The second-order valence-corrected chi connectivity index (χ2v) is 20.7. The molecule has 9 atom stereocenters. The Labute approximate surface area is 419 Å². The average molecular weight is 1040 g/mol. The van der Waals surface area contributed by atoms with Crippen molar-refractivity contribution in [1.82, 2.24) is 9.55 Å². The molecule has 2 aliphatic heterocycles. The number of aliphatic hydroxyl groups excluding tert-OH is 2. The number of nitrogen functional groups attached to an aromatic ring is 1. The van der Waals surface area contributed by atoms with E-state index >= 15 is 0 Å². The predicted molar refractivity (Wildman–Crippen MR) is 270 cm³/mol. The van der Waals surface area contributed by atoms with Gasteiger partial charge in [0.05, 0.1) is 25.4 Å². The van der Waals surface area contributed by atoms with Gasteiger partial charge < -0.3 is 44.7 Å². The van der Waals surface area contributed by atoms with Crippen LogP contribution in [0.5, 0.6) is 0 Å². The lowest BCUT2D eigenvalue weighted by Crippen LogP contribution is -2.36. The first kappa shape index (κ1) is 61.7. The highest BCUT2D eigenvalue weighted by Gasteiger charge is 2.46.